The second-order valence-electron chi connectivity index (χ2n) is 7.38. The summed E-state index contributed by atoms with van der Waals surface area (Å²) in [4.78, 5) is 13.8. The van der Waals surface area contributed by atoms with Gasteiger partial charge in [-0.1, -0.05) is 26.8 Å². The minimum absolute atomic E-state index is 0.0199. The molecule has 0 aliphatic carbocycles. The van der Waals surface area contributed by atoms with E-state index < -0.39 is 0 Å². The predicted molar refractivity (Wildman–Crippen MR) is 90.0 cm³/mol. The van der Waals surface area contributed by atoms with Gasteiger partial charge in [0.2, 0.25) is 5.91 Å². The summed E-state index contributed by atoms with van der Waals surface area (Å²) in [5, 5.41) is 2.91. The number of anilines is 2. The summed E-state index contributed by atoms with van der Waals surface area (Å²) in [5.74, 6) is 1.13. The van der Waals surface area contributed by atoms with Gasteiger partial charge in [-0.2, -0.15) is 0 Å². The van der Waals surface area contributed by atoms with Crippen LogP contribution in [-0.4, -0.2) is 18.0 Å². The Hall–Kier alpha value is -1.51. The Bertz CT molecular complexity index is 534. The van der Waals surface area contributed by atoms with Crippen molar-refractivity contribution in [2.75, 3.05) is 16.8 Å². The summed E-state index contributed by atoms with van der Waals surface area (Å²) < 4.78 is 0. The van der Waals surface area contributed by atoms with Crippen molar-refractivity contribution >= 4 is 17.3 Å². The molecule has 0 radical (unpaired) electrons. The minimum Gasteiger partial charge on any atom is -0.366 e. The molecule has 3 nitrogen and oxygen atoms in total. The van der Waals surface area contributed by atoms with Crippen LogP contribution in [0.3, 0.4) is 0 Å². The van der Waals surface area contributed by atoms with Gasteiger partial charge in [-0.25, -0.2) is 0 Å². The molecule has 116 valence electrons. The molecule has 1 unspecified atom stereocenters. The fourth-order valence-electron chi connectivity index (χ4n) is 3.48. The summed E-state index contributed by atoms with van der Waals surface area (Å²) in [7, 11) is 0. The zero-order chi connectivity index (χ0) is 15.8. The van der Waals surface area contributed by atoms with Crippen LogP contribution in [0.5, 0.6) is 0 Å². The lowest BCUT2D eigenvalue weighted by Gasteiger charge is -2.48. The highest BCUT2D eigenvalue weighted by atomic mass is 16.1. The molecule has 1 amide bonds. The van der Waals surface area contributed by atoms with Gasteiger partial charge >= 0.3 is 0 Å². The zero-order valence-corrected chi connectivity index (χ0v) is 14.2. The second kappa shape index (κ2) is 5.70. The molecule has 0 aromatic heterocycles. The van der Waals surface area contributed by atoms with Gasteiger partial charge in [-0.3, -0.25) is 4.79 Å². The van der Waals surface area contributed by atoms with Crippen LogP contribution >= 0.6 is 0 Å². The number of hydrogen-bond acceptors (Lipinski definition) is 2. The third-order valence-electron chi connectivity index (χ3n) is 4.26. The Morgan fingerprint density at radius 2 is 2.10 bits per heavy atom. The first-order valence-electron chi connectivity index (χ1n) is 7.90. The van der Waals surface area contributed by atoms with E-state index in [4.69, 9.17) is 0 Å². The first-order chi connectivity index (χ1) is 9.70. The van der Waals surface area contributed by atoms with Crippen LogP contribution < -0.4 is 10.2 Å². The van der Waals surface area contributed by atoms with Crippen molar-refractivity contribution in [3.63, 3.8) is 0 Å². The SMILES string of the molecule is CC(=O)Nc1ccc2c(c1)N(CC(C)C)C(C)(C)CC2C. The molecule has 0 bridgehead atoms. The van der Waals surface area contributed by atoms with Gasteiger partial charge in [0.1, 0.15) is 0 Å². The Balaban J connectivity index is 2.47. The molecule has 2 rings (SSSR count). The van der Waals surface area contributed by atoms with Crippen LogP contribution in [0, 0.1) is 5.92 Å². The maximum Gasteiger partial charge on any atom is 0.221 e. The molecule has 1 aromatic rings. The molecule has 0 saturated carbocycles. The van der Waals surface area contributed by atoms with E-state index in [0.29, 0.717) is 11.8 Å². The number of benzene rings is 1. The van der Waals surface area contributed by atoms with Crippen LogP contribution in [0.4, 0.5) is 11.4 Å². The third-order valence-corrected chi connectivity index (χ3v) is 4.26. The van der Waals surface area contributed by atoms with E-state index in [9.17, 15) is 4.79 Å². The summed E-state index contributed by atoms with van der Waals surface area (Å²) in [6.07, 6.45) is 1.16. The quantitative estimate of drug-likeness (QED) is 0.894. The van der Waals surface area contributed by atoms with Gasteiger partial charge in [-0.15, -0.1) is 0 Å². The first kappa shape index (κ1) is 15.9. The van der Waals surface area contributed by atoms with Crippen molar-refractivity contribution < 1.29 is 4.79 Å². The van der Waals surface area contributed by atoms with Crippen LogP contribution in [0.2, 0.25) is 0 Å². The number of amides is 1. The van der Waals surface area contributed by atoms with Crippen molar-refractivity contribution in [1.29, 1.82) is 0 Å². The van der Waals surface area contributed by atoms with E-state index >= 15 is 0 Å². The molecule has 1 aliphatic rings. The Morgan fingerprint density at radius 1 is 1.43 bits per heavy atom. The lowest BCUT2D eigenvalue weighted by molar-refractivity contribution is -0.114. The van der Waals surface area contributed by atoms with E-state index in [0.717, 1.165) is 18.7 Å². The molecular weight excluding hydrogens is 260 g/mol. The van der Waals surface area contributed by atoms with Crippen LogP contribution in [0.15, 0.2) is 18.2 Å². The molecule has 1 aromatic carbocycles. The fourth-order valence-corrected chi connectivity index (χ4v) is 3.48. The van der Waals surface area contributed by atoms with Crippen LogP contribution in [-0.2, 0) is 4.79 Å². The van der Waals surface area contributed by atoms with Crippen molar-refractivity contribution in [1.82, 2.24) is 0 Å². The predicted octanol–water partition coefficient (Wildman–Crippen LogP) is 4.39. The van der Waals surface area contributed by atoms with E-state index in [-0.39, 0.29) is 11.4 Å². The van der Waals surface area contributed by atoms with Gasteiger partial charge in [0.15, 0.2) is 0 Å². The number of hydrogen-bond donors (Lipinski definition) is 1. The Labute approximate surface area is 128 Å². The van der Waals surface area contributed by atoms with Gasteiger partial charge in [0, 0.05) is 30.4 Å². The van der Waals surface area contributed by atoms with Crippen molar-refractivity contribution in [2.24, 2.45) is 5.92 Å². The summed E-state index contributed by atoms with van der Waals surface area (Å²) >= 11 is 0. The van der Waals surface area contributed by atoms with Gasteiger partial charge in [0.05, 0.1) is 0 Å². The van der Waals surface area contributed by atoms with Gasteiger partial charge < -0.3 is 10.2 Å². The summed E-state index contributed by atoms with van der Waals surface area (Å²) in [6, 6.07) is 6.33. The van der Waals surface area contributed by atoms with Gasteiger partial charge in [-0.05, 0) is 49.8 Å². The zero-order valence-electron chi connectivity index (χ0n) is 14.2. The normalized spacial score (nSPS) is 20.3. The largest absolute Gasteiger partial charge is 0.366 e. The van der Waals surface area contributed by atoms with Crippen LogP contribution in [0.1, 0.15) is 59.4 Å². The molecule has 0 fully saturated rings. The van der Waals surface area contributed by atoms with E-state index in [2.05, 4.69) is 57.0 Å². The number of carbonyl (C=O) groups is 1. The molecule has 1 heterocycles. The highest BCUT2D eigenvalue weighted by Gasteiger charge is 2.36. The first-order valence-corrected chi connectivity index (χ1v) is 7.90. The van der Waals surface area contributed by atoms with Crippen molar-refractivity contribution in [2.45, 2.75) is 59.4 Å². The van der Waals surface area contributed by atoms with Crippen LogP contribution in [0.25, 0.3) is 0 Å². The Kier molecular flexibility index (Phi) is 4.31. The minimum atomic E-state index is -0.0199. The fraction of sp³-hybridized carbons (Fsp3) is 0.611. The maximum absolute atomic E-state index is 11.3. The van der Waals surface area contributed by atoms with Crippen molar-refractivity contribution in [3.05, 3.63) is 23.8 Å². The smallest absolute Gasteiger partial charge is 0.221 e. The monoisotopic (exact) mass is 288 g/mol. The molecule has 1 aliphatic heterocycles. The lowest BCUT2D eigenvalue weighted by Crippen LogP contribution is -2.49. The maximum atomic E-state index is 11.3. The number of rotatable bonds is 3. The van der Waals surface area contributed by atoms with E-state index in [1.54, 1.807) is 6.92 Å². The number of fused-ring (bicyclic) bond motifs is 1. The standard InChI is InChI=1S/C18H28N2O/c1-12(2)11-20-17-9-15(19-14(4)21)7-8-16(17)13(3)10-18(20,5)6/h7-9,12-13H,10-11H2,1-6H3,(H,19,21). The third kappa shape index (κ3) is 3.39. The molecule has 1 atom stereocenters. The molecule has 1 N–H and O–H groups in total. The number of carbonyl (C=O) groups excluding carboxylic acids is 1. The van der Waals surface area contributed by atoms with Gasteiger partial charge in [0.25, 0.3) is 0 Å². The van der Waals surface area contributed by atoms with Crippen molar-refractivity contribution in [3.8, 4) is 0 Å². The average Bonchev–Trinajstić information content (AvgIpc) is 2.32. The molecule has 3 heteroatoms. The summed E-state index contributed by atoms with van der Waals surface area (Å²) in [5.41, 5.74) is 3.70. The number of nitrogens with one attached hydrogen (secondary N) is 1. The molecule has 0 saturated heterocycles. The second-order valence-corrected chi connectivity index (χ2v) is 7.38. The van der Waals surface area contributed by atoms with E-state index in [1.165, 1.54) is 11.3 Å². The average molecular weight is 288 g/mol. The molecule has 21 heavy (non-hydrogen) atoms. The number of nitrogens with zero attached hydrogens (tertiary/aromatic N) is 1. The summed E-state index contributed by atoms with van der Waals surface area (Å²) in [6.45, 7) is 14.0. The van der Waals surface area contributed by atoms with E-state index in [1.807, 2.05) is 6.07 Å². The lowest BCUT2D eigenvalue weighted by atomic mass is 9.79. The topological polar surface area (TPSA) is 32.3 Å². The highest BCUT2D eigenvalue weighted by Crippen LogP contribution is 2.44. The highest BCUT2D eigenvalue weighted by molar-refractivity contribution is 5.89. The molecular formula is C18H28N2O. The molecule has 0 spiro atoms. The Morgan fingerprint density at radius 3 is 2.67 bits per heavy atom.